The Balaban J connectivity index is 2.13. The smallest absolute Gasteiger partial charge is 0.0602 e. The SMILES string of the molecule is CC(C)CCN1CCN(CC#CCS)CC1. The molecule has 0 aromatic heterocycles. The van der Waals surface area contributed by atoms with Gasteiger partial charge in [-0.3, -0.25) is 4.90 Å². The molecule has 3 heteroatoms. The van der Waals surface area contributed by atoms with Gasteiger partial charge in [-0.25, -0.2) is 0 Å². The quantitative estimate of drug-likeness (QED) is 0.589. The topological polar surface area (TPSA) is 6.48 Å². The molecule has 92 valence electrons. The van der Waals surface area contributed by atoms with Crippen LogP contribution in [0.25, 0.3) is 0 Å². The van der Waals surface area contributed by atoms with Crippen LogP contribution in [-0.4, -0.2) is 54.8 Å². The number of rotatable bonds is 4. The summed E-state index contributed by atoms with van der Waals surface area (Å²) in [5, 5.41) is 0. The van der Waals surface area contributed by atoms with Gasteiger partial charge in [-0.2, -0.15) is 12.6 Å². The molecule has 0 atom stereocenters. The van der Waals surface area contributed by atoms with E-state index in [1.165, 1.54) is 39.1 Å². The Kier molecular flexibility index (Phi) is 6.95. The number of hydrogen-bond donors (Lipinski definition) is 1. The molecule has 0 N–H and O–H groups in total. The molecule has 0 aromatic rings. The van der Waals surface area contributed by atoms with Gasteiger partial charge in [0.05, 0.1) is 12.3 Å². The summed E-state index contributed by atoms with van der Waals surface area (Å²) in [7, 11) is 0. The lowest BCUT2D eigenvalue weighted by atomic mass is 10.1. The molecule has 0 aliphatic carbocycles. The standard InChI is InChI=1S/C13H24N2S/c1-13(2)5-7-15-10-8-14(9-11-15)6-3-4-12-16/h13,16H,5-12H2,1-2H3. The fourth-order valence-corrected chi connectivity index (χ4v) is 1.95. The van der Waals surface area contributed by atoms with E-state index in [0.717, 1.165) is 12.5 Å². The minimum absolute atomic E-state index is 0.675. The lowest BCUT2D eigenvalue weighted by Gasteiger charge is -2.33. The van der Waals surface area contributed by atoms with Gasteiger partial charge in [-0.05, 0) is 18.9 Å². The van der Waals surface area contributed by atoms with Gasteiger partial charge in [0, 0.05) is 26.2 Å². The maximum Gasteiger partial charge on any atom is 0.0602 e. The van der Waals surface area contributed by atoms with E-state index in [9.17, 15) is 0 Å². The second kappa shape index (κ2) is 8.00. The zero-order valence-electron chi connectivity index (χ0n) is 10.6. The van der Waals surface area contributed by atoms with Gasteiger partial charge in [0.15, 0.2) is 0 Å². The zero-order valence-corrected chi connectivity index (χ0v) is 11.5. The molecule has 1 rings (SSSR count). The van der Waals surface area contributed by atoms with E-state index >= 15 is 0 Å². The molecule has 0 aromatic carbocycles. The van der Waals surface area contributed by atoms with Crippen molar-refractivity contribution in [2.45, 2.75) is 20.3 Å². The second-order valence-corrected chi connectivity index (χ2v) is 5.13. The fourth-order valence-electron chi connectivity index (χ4n) is 1.84. The first-order valence-corrected chi connectivity index (χ1v) is 6.87. The van der Waals surface area contributed by atoms with Gasteiger partial charge in [0.2, 0.25) is 0 Å². The van der Waals surface area contributed by atoms with E-state index in [1.807, 2.05) is 0 Å². The second-order valence-electron chi connectivity index (χ2n) is 4.81. The summed E-state index contributed by atoms with van der Waals surface area (Å²) in [4.78, 5) is 5.00. The monoisotopic (exact) mass is 240 g/mol. The molecule has 1 saturated heterocycles. The van der Waals surface area contributed by atoms with Crippen LogP contribution in [0.1, 0.15) is 20.3 Å². The van der Waals surface area contributed by atoms with Crippen LogP contribution < -0.4 is 0 Å². The molecule has 2 nitrogen and oxygen atoms in total. The third kappa shape index (κ3) is 5.79. The van der Waals surface area contributed by atoms with E-state index in [2.05, 4.69) is 48.1 Å². The lowest BCUT2D eigenvalue weighted by Crippen LogP contribution is -2.46. The molecule has 0 spiro atoms. The van der Waals surface area contributed by atoms with Gasteiger partial charge in [0.1, 0.15) is 0 Å². The van der Waals surface area contributed by atoms with E-state index in [4.69, 9.17) is 0 Å². The summed E-state index contributed by atoms with van der Waals surface area (Å²) in [5.41, 5.74) is 0. The van der Waals surface area contributed by atoms with Gasteiger partial charge >= 0.3 is 0 Å². The van der Waals surface area contributed by atoms with Gasteiger partial charge in [-0.1, -0.05) is 25.7 Å². The van der Waals surface area contributed by atoms with E-state index < -0.39 is 0 Å². The van der Waals surface area contributed by atoms with E-state index in [-0.39, 0.29) is 0 Å². The van der Waals surface area contributed by atoms with Crippen LogP contribution >= 0.6 is 12.6 Å². The Morgan fingerprint density at radius 3 is 2.25 bits per heavy atom. The number of piperazine rings is 1. The molecule has 1 aliphatic heterocycles. The Labute approximate surface area is 106 Å². The lowest BCUT2D eigenvalue weighted by molar-refractivity contribution is 0.139. The minimum atomic E-state index is 0.675. The third-order valence-electron chi connectivity index (χ3n) is 2.99. The fraction of sp³-hybridized carbons (Fsp3) is 0.846. The number of hydrogen-bond acceptors (Lipinski definition) is 3. The first-order chi connectivity index (χ1) is 7.72. The predicted molar refractivity (Wildman–Crippen MR) is 74.0 cm³/mol. The van der Waals surface area contributed by atoms with Crippen molar-refractivity contribution in [3.63, 3.8) is 0 Å². The Bertz CT molecular complexity index is 234. The van der Waals surface area contributed by atoms with Gasteiger partial charge in [-0.15, -0.1) is 0 Å². The van der Waals surface area contributed by atoms with Crippen molar-refractivity contribution >= 4 is 12.6 Å². The van der Waals surface area contributed by atoms with Crippen LogP contribution in [0.3, 0.4) is 0 Å². The van der Waals surface area contributed by atoms with Crippen LogP contribution in [0.15, 0.2) is 0 Å². The van der Waals surface area contributed by atoms with E-state index in [0.29, 0.717) is 5.75 Å². The zero-order chi connectivity index (χ0) is 11.8. The number of nitrogens with zero attached hydrogens (tertiary/aromatic N) is 2. The molecule has 0 unspecified atom stereocenters. The van der Waals surface area contributed by atoms with Crippen molar-refractivity contribution in [2.24, 2.45) is 5.92 Å². The molecular weight excluding hydrogens is 216 g/mol. The molecule has 1 heterocycles. The summed E-state index contributed by atoms with van der Waals surface area (Å²) in [6.45, 7) is 11.5. The predicted octanol–water partition coefficient (Wildman–Crippen LogP) is 1.58. The van der Waals surface area contributed by atoms with Crippen molar-refractivity contribution in [1.82, 2.24) is 9.80 Å². The van der Waals surface area contributed by atoms with Crippen LogP contribution in [0, 0.1) is 17.8 Å². The summed E-state index contributed by atoms with van der Waals surface area (Å²) >= 11 is 4.08. The first-order valence-electron chi connectivity index (χ1n) is 6.23. The molecule has 1 aliphatic rings. The largest absolute Gasteiger partial charge is 0.301 e. The summed E-state index contributed by atoms with van der Waals surface area (Å²) < 4.78 is 0. The van der Waals surface area contributed by atoms with Crippen molar-refractivity contribution in [1.29, 1.82) is 0 Å². The molecule has 0 amide bonds. The van der Waals surface area contributed by atoms with Crippen LogP contribution in [0.4, 0.5) is 0 Å². The molecule has 0 radical (unpaired) electrons. The summed E-state index contributed by atoms with van der Waals surface area (Å²) in [5.74, 6) is 7.65. The summed E-state index contributed by atoms with van der Waals surface area (Å²) in [6, 6.07) is 0. The Hall–Kier alpha value is -0.170. The van der Waals surface area contributed by atoms with Crippen LogP contribution in [0.2, 0.25) is 0 Å². The number of thiol groups is 1. The highest BCUT2D eigenvalue weighted by Crippen LogP contribution is 2.05. The first kappa shape index (κ1) is 13.9. The normalized spacial score (nSPS) is 18.5. The Morgan fingerprint density at radius 2 is 1.69 bits per heavy atom. The van der Waals surface area contributed by atoms with Crippen molar-refractivity contribution in [3.8, 4) is 11.8 Å². The highest BCUT2D eigenvalue weighted by Gasteiger charge is 2.15. The molecule has 16 heavy (non-hydrogen) atoms. The van der Waals surface area contributed by atoms with E-state index in [1.54, 1.807) is 0 Å². The molecule has 0 bridgehead atoms. The van der Waals surface area contributed by atoms with Crippen molar-refractivity contribution in [2.75, 3.05) is 45.0 Å². The minimum Gasteiger partial charge on any atom is -0.301 e. The highest BCUT2D eigenvalue weighted by atomic mass is 32.1. The van der Waals surface area contributed by atoms with Crippen molar-refractivity contribution in [3.05, 3.63) is 0 Å². The van der Waals surface area contributed by atoms with Crippen LogP contribution in [-0.2, 0) is 0 Å². The Morgan fingerprint density at radius 1 is 1.06 bits per heavy atom. The average molecular weight is 240 g/mol. The average Bonchev–Trinajstić information content (AvgIpc) is 2.28. The summed E-state index contributed by atoms with van der Waals surface area (Å²) in [6.07, 6.45) is 1.32. The molecule has 0 saturated carbocycles. The van der Waals surface area contributed by atoms with Crippen LogP contribution in [0.5, 0.6) is 0 Å². The van der Waals surface area contributed by atoms with Gasteiger partial charge < -0.3 is 4.90 Å². The highest BCUT2D eigenvalue weighted by molar-refractivity contribution is 7.80. The van der Waals surface area contributed by atoms with Crippen molar-refractivity contribution < 1.29 is 0 Å². The maximum atomic E-state index is 4.08. The third-order valence-corrected chi connectivity index (χ3v) is 3.15. The molecular formula is C13H24N2S. The van der Waals surface area contributed by atoms with Gasteiger partial charge in [0.25, 0.3) is 0 Å². The maximum absolute atomic E-state index is 4.08. The molecule has 1 fully saturated rings.